The van der Waals surface area contributed by atoms with Crippen molar-refractivity contribution in [3.05, 3.63) is 188 Å². The first-order valence-electron chi connectivity index (χ1n) is 18.2. The molecule has 5 nitrogen and oxygen atoms in total. The zero-order chi connectivity index (χ0) is 36.6. The Morgan fingerprint density at radius 1 is 0.273 bits per heavy atom. The van der Waals surface area contributed by atoms with Crippen LogP contribution in [0.15, 0.2) is 188 Å². The van der Waals surface area contributed by atoms with Gasteiger partial charge in [0.25, 0.3) is 0 Å². The van der Waals surface area contributed by atoms with E-state index in [1.54, 1.807) is 11.3 Å². The van der Waals surface area contributed by atoms with Crippen LogP contribution in [0.2, 0.25) is 0 Å². The molecule has 3 aromatic heterocycles. The van der Waals surface area contributed by atoms with Gasteiger partial charge in [-0.3, -0.25) is 0 Å². The highest BCUT2D eigenvalue weighted by atomic mass is 32.1. The van der Waals surface area contributed by atoms with Crippen LogP contribution in [-0.4, -0.2) is 24.9 Å². The minimum absolute atomic E-state index is 0.643. The largest absolute Gasteiger partial charge is 0.228 e. The van der Waals surface area contributed by atoms with Crippen molar-refractivity contribution in [2.75, 3.05) is 0 Å². The van der Waals surface area contributed by atoms with Gasteiger partial charge in [0.15, 0.2) is 23.3 Å². The second-order valence-corrected chi connectivity index (χ2v) is 14.3. The summed E-state index contributed by atoms with van der Waals surface area (Å²) in [5.74, 6) is 2.61. The molecule has 0 fully saturated rings. The van der Waals surface area contributed by atoms with E-state index in [4.69, 9.17) is 24.9 Å². The number of hydrogen-bond acceptors (Lipinski definition) is 6. The molecule has 0 saturated heterocycles. The molecule has 0 aliphatic heterocycles. The molecular weight excluding hydrogens is 691 g/mol. The SMILES string of the molecule is c1ccc(-c2cc(-c3ccccc3)nc(-c3ccccc3-c3cccc4c3sc3c(-c5nc(-c6ccccc6)nc(-c6ccccc6)n5)cccc34)n2)cc1. The van der Waals surface area contributed by atoms with Crippen molar-refractivity contribution < 1.29 is 0 Å². The van der Waals surface area contributed by atoms with Gasteiger partial charge in [-0.25, -0.2) is 24.9 Å². The first kappa shape index (κ1) is 32.5. The summed E-state index contributed by atoms with van der Waals surface area (Å²) in [4.78, 5) is 25.5. The smallest absolute Gasteiger partial charge is 0.165 e. The van der Waals surface area contributed by atoms with E-state index in [0.717, 1.165) is 66.0 Å². The van der Waals surface area contributed by atoms with Crippen molar-refractivity contribution in [2.24, 2.45) is 0 Å². The van der Waals surface area contributed by atoms with Crippen molar-refractivity contribution in [1.82, 2.24) is 24.9 Å². The zero-order valence-electron chi connectivity index (χ0n) is 29.5. The second kappa shape index (κ2) is 14.0. The molecule has 10 rings (SSSR count). The molecule has 6 heteroatoms. The van der Waals surface area contributed by atoms with E-state index in [1.165, 1.54) is 10.1 Å². The van der Waals surface area contributed by atoms with Crippen LogP contribution in [0.5, 0.6) is 0 Å². The van der Waals surface area contributed by atoms with Gasteiger partial charge in [-0.1, -0.05) is 176 Å². The normalized spacial score (nSPS) is 11.3. The third-order valence-electron chi connectivity index (χ3n) is 9.79. The van der Waals surface area contributed by atoms with E-state index in [9.17, 15) is 0 Å². The molecule has 0 unspecified atom stereocenters. The predicted octanol–water partition coefficient (Wildman–Crippen LogP) is 12.7. The molecule has 0 radical (unpaired) electrons. The van der Waals surface area contributed by atoms with E-state index in [0.29, 0.717) is 23.3 Å². The lowest BCUT2D eigenvalue weighted by Gasteiger charge is -2.13. The van der Waals surface area contributed by atoms with Crippen LogP contribution >= 0.6 is 11.3 Å². The van der Waals surface area contributed by atoms with E-state index in [1.807, 2.05) is 97.1 Å². The van der Waals surface area contributed by atoms with Gasteiger partial charge in [-0.05, 0) is 17.7 Å². The van der Waals surface area contributed by atoms with Gasteiger partial charge >= 0.3 is 0 Å². The van der Waals surface area contributed by atoms with Gasteiger partial charge in [0.05, 0.1) is 11.4 Å². The Kier molecular flexibility index (Phi) is 8.28. The van der Waals surface area contributed by atoms with Gasteiger partial charge in [0, 0.05) is 59.1 Å². The van der Waals surface area contributed by atoms with Crippen molar-refractivity contribution in [2.45, 2.75) is 0 Å². The van der Waals surface area contributed by atoms with Crippen molar-refractivity contribution in [3.63, 3.8) is 0 Å². The summed E-state index contributed by atoms with van der Waals surface area (Å²) < 4.78 is 2.31. The Bertz CT molecular complexity index is 2850. The Morgan fingerprint density at radius 3 is 1.18 bits per heavy atom. The summed E-state index contributed by atoms with van der Waals surface area (Å²) in [5, 5.41) is 2.34. The van der Waals surface area contributed by atoms with Gasteiger partial charge in [-0.15, -0.1) is 11.3 Å². The van der Waals surface area contributed by atoms with Crippen molar-refractivity contribution in [1.29, 1.82) is 0 Å². The molecule has 10 aromatic rings. The molecule has 0 aliphatic rings. The minimum Gasteiger partial charge on any atom is -0.228 e. The summed E-state index contributed by atoms with van der Waals surface area (Å²) in [6.07, 6.45) is 0. The topological polar surface area (TPSA) is 64.5 Å². The first-order valence-corrected chi connectivity index (χ1v) is 19.0. The Balaban J connectivity index is 1.16. The average Bonchev–Trinajstić information content (AvgIpc) is 3.67. The first-order chi connectivity index (χ1) is 27.3. The molecule has 0 aliphatic carbocycles. The van der Waals surface area contributed by atoms with Crippen LogP contribution in [0, 0.1) is 0 Å². The summed E-state index contributed by atoms with van der Waals surface area (Å²) in [5.41, 5.74) is 9.88. The predicted molar refractivity (Wildman–Crippen MR) is 226 cm³/mol. The molecule has 7 aromatic carbocycles. The molecule has 258 valence electrons. The maximum Gasteiger partial charge on any atom is 0.165 e. The number of aromatic nitrogens is 5. The van der Waals surface area contributed by atoms with Gasteiger partial charge in [0.2, 0.25) is 0 Å². The van der Waals surface area contributed by atoms with Crippen molar-refractivity contribution >= 4 is 31.5 Å². The summed E-state index contributed by atoms with van der Waals surface area (Å²) >= 11 is 1.77. The lowest BCUT2D eigenvalue weighted by atomic mass is 9.97. The third-order valence-corrected chi connectivity index (χ3v) is 11.1. The van der Waals surface area contributed by atoms with Crippen LogP contribution in [-0.2, 0) is 0 Å². The fraction of sp³-hybridized carbons (Fsp3) is 0. The molecular formula is C49H31N5S. The number of thiophene rings is 1. The van der Waals surface area contributed by atoms with Crippen LogP contribution in [0.25, 0.3) is 99.4 Å². The fourth-order valence-corrected chi connectivity index (χ4v) is 8.47. The highest BCUT2D eigenvalue weighted by Crippen LogP contribution is 2.45. The molecule has 0 amide bonds. The summed E-state index contributed by atoms with van der Waals surface area (Å²) in [7, 11) is 0. The maximum absolute atomic E-state index is 5.20. The second-order valence-electron chi connectivity index (χ2n) is 13.2. The maximum atomic E-state index is 5.20. The van der Waals surface area contributed by atoms with Crippen LogP contribution < -0.4 is 0 Å². The Labute approximate surface area is 322 Å². The molecule has 0 spiro atoms. The van der Waals surface area contributed by atoms with E-state index in [-0.39, 0.29) is 0 Å². The van der Waals surface area contributed by atoms with E-state index < -0.39 is 0 Å². The zero-order valence-corrected chi connectivity index (χ0v) is 30.4. The molecule has 55 heavy (non-hydrogen) atoms. The monoisotopic (exact) mass is 721 g/mol. The lowest BCUT2D eigenvalue weighted by molar-refractivity contribution is 1.08. The lowest BCUT2D eigenvalue weighted by Crippen LogP contribution is -2.00. The average molecular weight is 722 g/mol. The van der Waals surface area contributed by atoms with Crippen LogP contribution in [0.4, 0.5) is 0 Å². The van der Waals surface area contributed by atoms with Crippen molar-refractivity contribution in [3.8, 4) is 79.2 Å². The Hall–Kier alpha value is -7.15. The minimum atomic E-state index is 0.643. The number of fused-ring (bicyclic) bond motifs is 3. The summed E-state index contributed by atoms with van der Waals surface area (Å²) in [6.45, 7) is 0. The van der Waals surface area contributed by atoms with E-state index >= 15 is 0 Å². The number of benzene rings is 7. The molecule has 3 heterocycles. The standard InChI is InChI=1S/C49H31N5S/c1-5-17-32(18-6-1)42-31-43(33-19-7-2-8-20-33)51-48(50-42)40-26-14-13-25-36(40)37-27-15-28-38-39-29-16-30-41(45(39)55-44(37)38)49-53-46(34-21-9-3-10-22-34)52-47(54-49)35-23-11-4-12-24-35/h1-31H. The highest BCUT2D eigenvalue weighted by molar-refractivity contribution is 7.26. The Morgan fingerprint density at radius 2 is 0.655 bits per heavy atom. The van der Waals surface area contributed by atoms with Gasteiger partial charge < -0.3 is 0 Å². The number of nitrogens with zero attached hydrogens (tertiary/aromatic N) is 5. The molecule has 0 bridgehead atoms. The van der Waals surface area contributed by atoms with Gasteiger partial charge in [0.1, 0.15) is 0 Å². The summed E-state index contributed by atoms with van der Waals surface area (Å²) in [6, 6.07) is 64.4. The van der Waals surface area contributed by atoms with E-state index in [2.05, 4.69) is 91.0 Å². The number of hydrogen-bond donors (Lipinski definition) is 0. The fourth-order valence-electron chi connectivity index (χ4n) is 7.13. The van der Waals surface area contributed by atoms with Crippen LogP contribution in [0.1, 0.15) is 0 Å². The number of rotatable bonds is 7. The molecule has 0 N–H and O–H groups in total. The van der Waals surface area contributed by atoms with Crippen LogP contribution in [0.3, 0.4) is 0 Å². The quantitative estimate of drug-likeness (QED) is 0.164. The highest BCUT2D eigenvalue weighted by Gasteiger charge is 2.20. The molecule has 0 atom stereocenters. The third kappa shape index (κ3) is 6.14. The molecule has 0 saturated carbocycles. The van der Waals surface area contributed by atoms with Gasteiger partial charge in [-0.2, -0.15) is 0 Å².